The number of allylic oxidation sites excluding steroid dienone is 1. The second-order valence-electron chi connectivity index (χ2n) is 10.6. The van der Waals surface area contributed by atoms with Crippen molar-refractivity contribution in [1.29, 1.82) is 0 Å². The van der Waals surface area contributed by atoms with Gasteiger partial charge < -0.3 is 21.1 Å². The molecule has 1 fully saturated rings. The molecule has 0 radical (unpaired) electrons. The summed E-state index contributed by atoms with van der Waals surface area (Å²) in [6, 6.07) is 7.30. The number of ketones is 1. The number of benzene rings is 2. The van der Waals surface area contributed by atoms with Crippen LogP contribution in [-0.2, 0) is 28.6 Å². The normalized spacial score (nSPS) is 15.6. The highest BCUT2D eigenvalue weighted by molar-refractivity contribution is 6.33. The molecule has 1 saturated heterocycles. The number of nitrogens with zero attached hydrogens (tertiary/aromatic N) is 1. The fourth-order valence-corrected chi connectivity index (χ4v) is 5.50. The van der Waals surface area contributed by atoms with Crippen LogP contribution in [0.25, 0.3) is 0 Å². The molecule has 40 heavy (non-hydrogen) atoms. The fraction of sp³-hybridized carbons (Fsp3) is 0.467. The van der Waals surface area contributed by atoms with Crippen molar-refractivity contribution in [2.75, 3.05) is 30.7 Å². The van der Waals surface area contributed by atoms with E-state index in [4.69, 9.17) is 17.3 Å². The van der Waals surface area contributed by atoms with E-state index in [9.17, 15) is 27.9 Å². The average Bonchev–Trinajstić information content (AvgIpc) is 2.87. The van der Waals surface area contributed by atoms with E-state index in [2.05, 4.69) is 16.8 Å². The largest absolute Gasteiger partial charge is 0.508 e. The first kappa shape index (κ1) is 31.5. The molecular weight excluding hydrogens is 543 g/mol. The summed E-state index contributed by atoms with van der Waals surface area (Å²) in [5.41, 5.74) is 7.06. The Labute approximate surface area is 238 Å². The van der Waals surface area contributed by atoms with Gasteiger partial charge in [0.2, 0.25) is 5.91 Å². The fourth-order valence-electron chi connectivity index (χ4n) is 5.26. The lowest BCUT2D eigenvalue weighted by atomic mass is 9.86. The van der Waals surface area contributed by atoms with Gasteiger partial charge in [-0.05, 0) is 112 Å². The number of likely N-dealkylation sites (tertiary alicyclic amines) is 1. The van der Waals surface area contributed by atoms with Gasteiger partial charge in [-0.3, -0.25) is 9.59 Å². The number of phenols is 1. The summed E-state index contributed by atoms with van der Waals surface area (Å²) in [5, 5.41) is 12.5. The number of amides is 1. The number of Topliss-reactive ketones (excluding diaryl/α,β-unsaturated/α-hetero) is 1. The number of carbonyl (C=O) groups excluding carboxylic acids is 2. The van der Waals surface area contributed by atoms with E-state index >= 15 is 0 Å². The number of aryl methyl sites for hydroxylation is 1. The molecule has 0 aliphatic carbocycles. The van der Waals surface area contributed by atoms with Gasteiger partial charge in [0.15, 0.2) is 0 Å². The average molecular weight is 580 g/mol. The van der Waals surface area contributed by atoms with Crippen LogP contribution in [0.5, 0.6) is 5.75 Å². The van der Waals surface area contributed by atoms with Gasteiger partial charge in [0.1, 0.15) is 11.5 Å². The first-order valence-electron chi connectivity index (χ1n) is 13.4. The first-order valence-corrected chi connectivity index (χ1v) is 13.8. The zero-order chi connectivity index (χ0) is 29.6. The second-order valence-corrected chi connectivity index (χ2v) is 11.0. The maximum atomic E-state index is 13.4. The Morgan fingerprint density at radius 3 is 2.48 bits per heavy atom. The Balaban J connectivity index is 1.51. The summed E-state index contributed by atoms with van der Waals surface area (Å²) in [6.45, 7) is 9.55. The molecule has 0 bridgehead atoms. The van der Waals surface area contributed by atoms with Crippen molar-refractivity contribution < 1.29 is 27.9 Å². The van der Waals surface area contributed by atoms with Gasteiger partial charge >= 0.3 is 6.18 Å². The third-order valence-electron chi connectivity index (χ3n) is 7.63. The van der Waals surface area contributed by atoms with Crippen molar-refractivity contribution in [1.82, 2.24) is 4.90 Å². The van der Waals surface area contributed by atoms with Gasteiger partial charge in [-0.1, -0.05) is 23.8 Å². The smallest absolute Gasteiger partial charge is 0.418 e. The molecule has 2 aromatic carbocycles. The van der Waals surface area contributed by atoms with Crippen LogP contribution in [0.4, 0.5) is 24.5 Å². The molecule has 0 unspecified atom stereocenters. The van der Waals surface area contributed by atoms with E-state index in [0.29, 0.717) is 36.6 Å². The zero-order valence-electron chi connectivity index (χ0n) is 22.9. The summed E-state index contributed by atoms with van der Waals surface area (Å²) in [7, 11) is 0. The van der Waals surface area contributed by atoms with Crippen LogP contribution in [0.3, 0.4) is 0 Å². The third kappa shape index (κ3) is 8.73. The molecule has 1 atom stereocenters. The molecule has 218 valence electrons. The van der Waals surface area contributed by atoms with Crippen LogP contribution in [0.1, 0.15) is 56.2 Å². The number of hydrogen-bond donors (Lipinski definition) is 3. The maximum absolute atomic E-state index is 13.4. The number of piperidine rings is 1. The van der Waals surface area contributed by atoms with Gasteiger partial charge in [0, 0.05) is 18.5 Å². The highest BCUT2D eigenvalue weighted by atomic mass is 35.5. The number of alkyl halides is 3. The Morgan fingerprint density at radius 1 is 1.20 bits per heavy atom. The molecule has 2 aromatic rings. The summed E-state index contributed by atoms with van der Waals surface area (Å²) in [5.74, 6) is -0.177. The number of nitrogens with two attached hydrogens (primary N) is 1. The Bertz CT molecular complexity index is 1240. The zero-order valence-corrected chi connectivity index (χ0v) is 23.7. The number of hydrogen-bond acceptors (Lipinski definition) is 5. The number of rotatable bonds is 11. The molecule has 1 amide bonds. The molecule has 1 aliphatic heterocycles. The molecule has 4 N–H and O–H groups in total. The molecule has 3 rings (SSSR count). The minimum Gasteiger partial charge on any atom is -0.508 e. The van der Waals surface area contributed by atoms with Gasteiger partial charge in [-0.2, -0.15) is 13.2 Å². The number of aromatic hydroxyl groups is 1. The van der Waals surface area contributed by atoms with Gasteiger partial charge in [0.25, 0.3) is 0 Å². The van der Waals surface area contributed by atoms with Crippen molar-refractivity contribution in [2.24, 2.45) is 11.8 Å². The lowest BCUT2D eigenvalue weighted by Crippen LogP contribution is -2.36. The predicted octanol–water partition coefficient (Wildman–Crippen LogP) is 6.64. The number of carbonyl (C=O) groups is 2. The third-order valence-corrected chi connectivity index (χ3v) is 7.94. The van der Waals surface area contributed by atoms with Crippen LogP contribution >= 0.6 is 11.6 Å². The summed E-state index contributed by atoms with van der Waals surface area (Å²) in [4.78, 5) is 26.1. The van der Waals surface area contributed by atoms with Crippen LogP contribution < -0.4 is 11.1 Å². The van der Waals surface area contributed by atoms with E-state index < -0.39 is 23.3 Å². The monoisotopic (exact) mass is 579 g/mol. The predicted molar refractivity (Wildman–Crippen MR) is 152 cm³/mol. The van der Waals surface area contributed by atoms with Crippen LogP contribution in [0, 0.1) is 11.8 Å². The molecule has 0 spiro atoms. The number of phenolic OH excluding ortho intramolecular Hbond substituents is 1. The Morgan fingerprint density at radius 2 is 1.88 bits per heavy atom. The lowest BCUT2D eigenvalue weighted by Gasteiger charge is -2.33. The number of halogens is 4. The molecule has 0 saturated carbocycles. The van der Waals surface area contributed by atoms with Crippen LogP contribution in [-0.4, -0.2) is 41.3 Å². The molecule has 10 heteroatoms. The molecule has 1 heterocycles. The summed E-state index contributed by atoms with van der Waals surface area (Å²) < 4.78 is 40.1. The Hall–Kier alpha value is -3.04. The topological polar surface area (TPSA) is 95.7 Å². The van der Waals surface area contributed by atoms with Crippen molar-refractivity contribution in [2.45, 2.75) is 58.5 Å². The number of nitrogen functional groups attached to an aromatic ring is 1. The van der Waals surface area contributed by atoms with E-state index in [-0.39, 0.29) is 28.9 Å². The van der Waals surface area contributed by atoms with E-state index in [1.807, 2.05) is 0 Å². The molecule has 1 aliphatic rings. The van der Waals surface area contributed by atoms with E-state index in [1.165, 1.54) is 19.9 Å². The van der Waals surface area contributed by atoms with Gasteiger partial charge in [0.05, 0.1) is 16.3 Å². The second kappa shape index (κ2) is 13.5. The van der Waals surface area contributed by atoms with Gasteiger partial charge in [-0.25, -0.2) is 0 Å². The standard InChI is InChI=1S/C30H37ClF3N3O3/c1-18(4-5-24-17-25(40)6-7-28(24)36-20(3)39)22-8-11-37(12-9-22)13-10-23(19(2)38)14-21-15-26(30(32,33)34)29(35)27(31)16-21/h6-7,15-17,22-23,40H,1,4-5,8-14,35H2,2-3H3,(H,36,39)/t23-/m1/s1. The van der Waals surface area contributed by atoms with Crippen molar-refractivity contribution >= 4 is 34.7 Å². The Kier molecular flexibility index (Phi) is 10.7. The quantitative estimate of drug-likeness (QED) is 0.157. The molecule has 0 aromatic heterocycles. The minimum absolute atomic E-state index is 0.0737. The highest BCUT2D eigenvalue weighted by Gasteiger charge is 2.34. The van der Waals surface area contributed by atoms with E-state index in [1.54, 1.807) is 18.2 Å². The van der Waals surface area contributed by atoms with Crippen molar-refractivity contribution in [3.05, 3.63) is 64.2 Å². The lowest BCUT2D eigenvalue weighted by molar-refractivity contribution is -0.137. The van der Waals surface area contributed by atoms with Crippen molar-refractivity contribution in [3.63, 3.8) is 0 Å². The van der Waals surface area contributed by atoms with E-state index in [0.717, 1.165) is 49.6 Å². The molecule has 6 nitrogen and oxygen atoms in total. The summed E-state index contributed by atoms with van der Waals surface area (Å²) >= 11 is 5.96. The van der Waals surface area contributed by atoms with Crippen LogP contribution in [0.15, 0.2) is 42.5 Å². The minimum atomic E-state index is -4.62. The molecular formula is C30H37ClF3N3O3. The van der Waals surface area contributed by atoms with Gasteiger partial charge in [-0.15, -0.1) is 0 Å². The maximum Gasteiger partial charge on any atom is 0.418 e. The summed E-state index contributed by atoms with van der Waals surface area (Å²) in [6.07, 6.45) is -0.698. The highest BCUT2D eigenvalue weighted by Crippen LogP contribution is 2.38. The number of nitrogens with one attached hydrogen (secondary N) is 1. The van der Waals surface area contributed by atoms with Crippen molar-refractivity contribution in [3.8, 4) is 5.75 Å². The van der Waals surface area contributed by atoms with Crippen LogP contribution in [0.2, 0.25) is 5.02 Å². The first-order chi connectivity index (χ1) is 18.7. The SMILES string of the molecule is C=C(CCc1cc(O)ccc1NC(C)=O)C1CCN(CC[C@H](Cc2cc(Cl)c(N)c(C(F)(F)F)c2)C(C)=O)CC1. The number of anilines is 2.